The van der Waals surface area contributed by atoms with E-state index in [9.17, 15) is 0 Å². The smallest absolute Gasteiger partial charge is 0.162 e. The van der Waals surface area contributed by atoms with Crippen molar-refractivity contribution in [2.45, 2.75) is 18.8 Å². The highest BCUT2D eigenvalue weighted by Gasteiger charge is 2.29. The van der Waals surface area contributed by atoms with Gasteiger partial charge in [-0.1, -0.05) is 29.8 Å². The molecule has 4 rings (SSSR count). The number of hydrogen-bond acceptors (Lipinski definition) is 3. The van der Waals surface area contributed by atoms with Gasteiger partial charge in [-0.05, 0) is 41.5 Å². The maximum atomic E-state index is 6.30. The van der Waals surface area contributed by atoms with Gasteiger partial charge in [-0.15, -0.1) is 11.3 Å². The molecule has 100 valence electrons. The summed E-state index contributed by atoms with van der Waals surface area (Å²) in [5.74, 6) is 1.33. The van der Waals surface area contributed by atoms with Gasteiger partial charge in [0.05, 0.1) is 9.26 Å². The number of thiophene rings is 1. The van der Waals surface area contributed by atoms with Gasteiger partial charge >= 0.3 is 0 Å². The van der Waals surface area contributed by atoms with Gasteiger partial charge in [0, 0.05) is 26.9 Å². The van der Waals surface area contributed by atoms with Gasteiger partial charge in [0.25, 0.3) is 0 Å². The molecule has 1 aromatic carbocycles. The molecule has 0 bridgehead atoms. The van der Waals surface area contributed by atoms with E-state index in [0.717, 1.165) is 20.7 Å². The van der Waals surface area contributed by atoms with Crippen molar-refractivity contribution in [1.29, 1.82) is 0 Å². The summed E-state index contributed by atoms with van der Waals surface area (Å²) in [6.45, 7) is 0. The molecule has 2 heterocycles. The number of halogens is 2. The molecule has 0 radical (unpaired) electrons. The second-order valence-electron chi connectivity index (χ2n) is 4.96. The zero-order chi connectivity index (χ0) is 13.7. The van der Waals surface area contributed by atoms with Crippen LogP contribution in [0.1, 0.15) is 24.5 Å². The highest BCUT2D eigenvalue weighted by atomic mass is 127. The fraction of sp³-hybridized carbons (Fsp3) is 0.200. The van der Waals surface area contributed by atoms with E-state index in [4.69, 9.17) is 16.6 Å². The van der Waals surface area contributed by atoms with Crippen LogP contribution in [0.2, 0.25) is 5.15 Å². The summed E-state index contributed by atoms with van der Waals surface area (Å²) in [5.41, 5.74) is 2.21. The molecule has 0 saturated heterocycles. The van der Waals surface area contributed by atoms with Crippen molar-refractivity contribution in [3.05, 3.63) is 44.1 Å². The van der Waals surface area contributed by atoms with Crippen LogP contribution in [0, 0.1) is 3.57 Å². The molecule has 2 aromatic heterocycles. The van der Waals surface area contributed by atoms with Gasteiger partial charge < -0.3 is 0 Å². The van der Waals surface area contributed by atoms with Crippen molar-refractivity contribution in [3.8, 4) is 11.4 Å². The first kappa shape index (κ1) is 13.0. The highest BCUT2D eigenvalue weighted by Crippen LogP contribution is 2.43. The molecule has 1 fully saturated rings. The van der Waals surface area contributed by atoms with E-state index in [-0.39, 0.29) is 0 Å². The van der Waals surface area contributed by atoms with Crippen LogP contribution in [-0.2, 0) is 0 Å². The van der Waals surface area contributed by atoms with E-state index in [1.54, 1.807) is 11.3 Å². The van der Waals surface area contributed by atoms with E-state index in [0.29, 0.717) is 11.1 Å². The lowest BCUT2D eigenvalue weighted by Gasteiger charge is -2.07. The molecule has 0 atom stereocenters. The van der Waals surface area contributed by atoms with Crippen molar-refractivity contribution in [2.75, 3.05) is 0 Å². The zero-order valence-corrected chi connectivity index (χ0v) is 14.2. The lowest BCUT2D eigenvalue weighted by Crippen LogP contribution is -1.99. The zero-order valence-electron chi connectivity index (χ0n) is 10.4. The molecule has 3 aromatic rings. The van der Waals surface area contributed by atoms with Crippen LogP contribution in [0.25, 0.3) is 21.5 Å². The molecule has 1 aliphatic carbocycles. The number of fused-ring (bicyclic) bond motifs is 1. The van der Waals surface area contributed by atoms with Gasteiger partial charge in [-0.2, -0.15) is 0 Å². The highest BCUT2D eigenvalue weighted by molar-refractivity contribution is 14.1. The first-order valence-electron chi connectivity index (χ1n) is 6.43. The van der Waals surface area contributed by atoms with Crippen LogP contribution in [0.15, 0.2) is 29.6 Å². The van der Waals surface area contributed by atoms with Gasteiger partial charge in [0.2, 0.25) is 0 Å². The first-order chi connectivity index (χ1) is 9.74. The predicted molar refractivity (Wildman–Crippen MR) is 92.6 cm³/mol. The van der Waals surface area contributed by atoms with Crippen LogP contribution < -0.4 is 0 Å². The van der Waals surface area contributed by atoms with Crippen molar-refractivity contribution in [2.24, 2.45) is 0 Å². The van der Waals surface area contributed by atoms with Crippen molar-refractivity contribution >= 4 is 55.6 Å². The van der Waals surface area contributed by atoms with Crippen LogP contribution in [-0.4, -0.2) is 9.97 Å². The molecule has 0 spiro atoms. The molecular weight excluding hydrogens is 403 g/mol. The maximum absolute atomic E-state index is 6.30. The second-order valence-corrected chi connectivity index (χ2v) is 7.31. The van der Waals surface area contributed by atoms with Crippen LogP contribution >= 0.6 is 45.5 Å². The van der Waals surface area contributed by atoms with Crippen molar-refractivity contribution < 1.29 is 0 Å². The third-order valence-electron chi connectivity index (χ3n) is 3.52. The average molecular weight is 413 g/mol. The summed E-state index contributed by atoms with van der Waals surface area (Å²) in [6, 6.07) is 8.35. The summed E-state index contributed by atoms with van der Waals surface area (Å²) in [5, 5.41) is 3.91. The summed E-state index contributed by atoms with van der Waals surface area (Å²) < 4.78 is 2.27. The van der Waals surface area contributed by atoms with Gasteiger partial charge in [0.1, 0.15) is 5.15 Å². The lowest BCUT2D eigenvalue weighted by molar-refractivity contribution is 0.979. The lowest BCUT2D eigenvalue weighted by atomic mass is 10.1. The Morgan fingerprint density at radius 3 is 2.80 bits per heavy atom. The van der Waals surface area contributed by atoms with Crippen LogP contribution in [0.5, 0.6) is 0 Å². The predicted octanol–water partition coefficient (Wildman–Crippen LogP) is 5.49. The Bertz CT molecular complexity index is 811. The molecule has 1 aliphatic rings. The molecule has 0 N–H and O–H groups in total. The van der Waals surface area contributed by atoms with E-state index in [1.165, 1.54) is 22.9 Å². The Morgan fingerprint density at radius 2 is 2.00 bits per heavy atom. The minimum Gasteiger partial charge on any atom is -0.232 e. The number of nitrogens with zero attached hydrogens (tertiary/aromatic N) is 2. The van der Waals surface area contributed by atoms with Crippen molar-refractivity contribution in [3.63, 3.8) is 0 Å². The van der Waals surface area contributed by atoms with Crippen LogP contribution in [0.4, 0.5) is 0 Å². The topological polar surface area (TPSA) is 25.8 Å². The minimum atomic E-state index is 0.575. The Kier molecular flexibility index (Phi) is 3.20. The van der Waals surface area contributed by atoms with Crippen molar-refractivity contribution in [1.82, 2.24) is 9.97 Å². The Labute approximate surface area is 139 Å². The molecular formula is C15H10ClIN2S. The second kappa shape index (κ2) is 4.93. The Hall–Kier alpha value is -0.720. The molecule has 1 saturated carbocycles. The molecule has 5 heteroatoms. The van der Waals surface area contributed by atoms with E-state index in [1.807, 2.05) is 0 Å². The van der Waals surface area contributed by atoms with E-state index in [2.05, 4.69) is 57.2 Å². The fourth-order valence-corrected chi connectivity index (χ4v) is 4.13. The molecule has 0 unspecified atom stereocenters. The van der Waals surface area contributed by atoms with E-state index < -0.39 is 0 Å². The average Bonchev–Trinajstić information content (AvgIpc) is 3.21. The summed E-state index contributed by atoms with van der Waals surface area (Å²) in [7, 11) is 0. The summed E-state index contributed by atoms with van der Waals surface area (Å²) >= 11 is 10.3. The third kappa shape index (κ3) is 2.14. The monoisotopic (exact) mass is 412 g/mol. The normalized spacial score (nSPS) is 14.9. The third-order valence-corrected chi connectivity index (χ3v) is 6.14. The summed E-state index contributed by atoms with van der Waals surface area (Å²) in [4.78, 5) is 9.28. The Morgan fingerprint density at radius 1 is 1.20 bits per heavy atom. The largest absolute Gasteiger partial charge is 0.232 e. The standard InChI is InChI=1S/C15H10ClIN2S/c16-14-12(17)13(8-5-6-8)18-15(19-14)10-7-20-11-4-2-1-3-9(10)11/h1-4,7-8H,5-6H2. The van der Waals surface area contributed by atoms with Crippen LogP contribution in [0.3, 0.4) is 0 Å². The molecule has 2 nitrogen and oxygen atoms in total. The summed E-state index contributed by atoms with van der Waals surface area (Å²) in [6.07, 6.45) is 2.43. The van der Waals surface area contributed by atoms with Gasteiger partial charge in [0.15, 0.2) is 5.82 Å². The molecule has 0 aliphatic heterocycles. The Balaban J connectivity index is 1.94. The molecule has 20 heavy (non-hydrogen) atoms. The van der Waals surface area contributed by atoms with E-state index >= 15 is 0 Å². The number of benzene rings is 1. The fourth-order valence-electron chi connectivity index (χ4n) is 2.33. The van der Waals surface area contributed by atoms with Gasteiger partial charge in [-0.25, -0.2) is 9.97 Å². The van der Waals surface area contributed by atoms with Gasteiger partial charge in [-0.3, -0.25) is 0 Å². The minimum absolute atomic E-state index is 0.575. The SMILES string of the molecule is Clc1nc(-c2csc3ccccc23)nc(C2CC2)c1I. The quantitative estimate of drug-likeness (QED) is 0.411. The molecule has 0 amide bonds. The maximum Gasteiger partial charge on any atom is 0.162 e. The number of hydrogen-bond donors (Lipinski definition) is 0. The number of aromatic nitrogens is 2. The first-order valence-corrected chi connectivity index (χ1v) is 8.77. The number of rotatable bonds is 2.